The molecule has 5 nitrogen and oxygen atoms in total. The number of unbranched alkanes of at least 4 members (excludes halogenated alkanes) is 1. The lowest BCUT2D eigenvalue weighted by molar-refractivity contribution is -0.196. The summed E-state index contributed by atoms with van der Waals surface area (Å²) in [6.07, 6.45) is 13.9. The molecule has 1 fully saturated rings. The average molecular weight is 443 g/mol. The van der Waals surface area contributed by atoms with Gasteiger partial charge >= 0.3 is 5.97 Å². The second-order valence-electron chi connectivity index (χ2n) is 8.74. The van der Waals surface area contributed by atoms with E-state index in [9.17, 15) is 4.79 Å². The number of allylic oxidation sites excluding steroid dienone is 2. The van der Waals surface area contributed by atoms with E-state index in [1.54, 1.807) is 0 Å². The first-order valence-corrected chi connectivity index (χ1v) is 12.0. The Morgan fingerprint density at radius 2 is 2.16 bits per heavy atom. The average Bonchev–Trinajstić information content (AvgIpc) is 3.18. The van der Waals surface area contributed by atoms with Crippen LogP contribution in [0.2, 0.25) is 0 Å². The third kappa shape index (κ3) is 8.19. The molecule has 1 aromatic carbocycles. The maximum atomic E-state index is 11.2. The van der Waals surface area contributed by atoms with Crippen molar-refractivity contribution in [2.24, 2.45) is 5.92 Å². The number of carbonyl (C=O) groups excluding carboxylic acids is 1. The standard InChI is InChI=1S/C27H38O5/c1-21-10-9-11-22(18-21)19-30-20-24-23(12-5-3-4-6-13-26(28)29-2)15-16-25(24)32-27-14-7-8-17-31-27/h3,5,9-11,15,18,24-25,27H,4,6-8,12-14,16-17,19-20H2,1-2H3/b5-3-/t24-,25-,27?/m0/s1. The van der Waals surface area contributed by atoms with Crippen molar-refractivity contribution in [2.45, 2.75) is 77.3 Å². The molecule has 3 rings (SSSR count). The van der Waals surface area contributed by atoms with Crippen molar-refractivity contribution in [3.63, 3.8) is 0 Å². The molecule has 1 saturated heterocycles. The SMILES string of the molecule is COC(=O)CCC/C=C\CC1=CC[C@H](OC2CCCCO2)[C@H]1COCc1cccc(C)c1. The topological polar surface area (TPSA) is 54.0 Å². The quantitative estimate of drug-likeness (QED) is 0.237. The molecule has 0 bridgehead atoms. The lowest BCUT2D eigenvalue weighted by atomic mass is 9.97. The summed E-state index contributed by atoms with van der Waals surface area (Å²) in [7, 11) is 1.43. The summed E-state index contributed by atoms with van der Waals surface area (Å²) >= 11 is 0. The minimum absolute atomic E-state index is 0.0883. The molecule has 176 valence electrons. The van der Waals surface area contributed by atoms with E-state index in [1.807, 2.05) is 0 Å². The summed E-state index contributed by atoms with van der Waals surface area (Å²) in [6, 6.07) is 8.46. The van der Waals surface area contributed by atoms with Crippen molar-refractivity contribution >= 4 is 5.97 Å². The predicted octanol–water partition coefficient (Wildman–Crippen LogP) is 5.66. The fraction of sp³-hybridized carbons (Fsp3) is 0.593. The van der Waals surface area contributed by atoms with Crippen LogP contribution in [-0.4, -0.2) is 38.7 Å². The highest BCUT2D eigenvalue weighted by Crippen LogP contribution is 2.34. The summed E-state index contributed by atoms with van der Waals surface area (Å²) in [6.45, 7) is 4.15. The van der Waals surface area contributed by atoms with Crippen molar-refractivity contribution in [1.29, 1.82) is 0 Å². The van der Waals surface area contributed by atoms with Gasteiger partial charge in [0.25, 0.3) is 0 Å². The van der Waals surface area contributed by atoms with Crippen LogP contribution in [0.3, 0.4) is 0 Å². The van der Waals surface area contributed by atoms with Gasteiger partial charge in [0.1, 0.15) is 0 Å². The van der Waals surface area contributed by atoms with Gasteiger partial charge in [-0.05, 0) is 57.4 Å². The number of carbonyl (C=O) groups is 1. The van der Waals surface area contributed by atoms with Gasteiger partial charge in [-0.25, -0.2) is 0 Å². The Morgan fingerprint density at radius 1 is 1.25 bits per heavy atom. The van der Waals surface area contributed by atoms with E-state index in [1.165, 1.54) is 30.2 Å². The van der Waals surface area contributed by atoms with Gasteiger partial charge in [0.2, 0.25) is 0 Å². The maximum absolute atomic E-state index is 11.2. The Balaban J connectivity index is 1.51. The lowest BCUT2D eigenvalue weighted by Gasteiger charge is -2.30. The van der Waals surface area contributed by atoms with Gasteiger partial charge in [-0.15, -0.1) is 0 Å². The highest BCUT2D eigenvalue weighted by molar-refractivity contribution is 5.69. The minimum atomic E-state index is -0.146. The number of methoxy groups -OCH3 is 1. The van der Waals surface area contributed by atoms with E-state index in [4.69, 9.17) is 18.9 Å². The number of hydrogen-bond donors (Lipinski definition) is 0. The van der Waals surface area contributed by atoms with Crippen LogP contribution in [0.15, 0.2) is 48.1 Å². The fourth-order valence-electron chi connectivity index (χ4n) is 4.34. The molecule has 1 aromatic rings. The predicted molar refractivity (Wildman–Crippen MR) is 125 cm³/mol. The van der Waals surface area contributed by atoms with Gasteiger partial charge in [-0.3, -0.25) is 4.79 Å². The van der Waals surface area contributed by atoms with Crippen LogP contribution >= 0.6 is 0 Å². The van der Waals surface area contributed by atoms with Gasteiger partial charge in [-0.2, -0.15) is 0 Å². The first-order chi connectivity index (χ1) is 15.7. The van der Waals surface area contributed by atoms with Gasteiger partial charge in [-0.1, -0.05) is 53.6 Å². The van der Waals surface area contributed by atoms with Crippen LogP contribution in [0.5, 0.6) is 0 Å². The van der Waals surface area contributed by atoms with Crippen LogP contribution in [0.4, 0.5) is 0 Å². The first kappa shape index (κ1) is 24.7. The normalized spacial score (nSPS) is 23.4. The van der Waals surface area contributed by atoms with Crippen molar-refractivity contribution in [2.75, 3.05) is 20.3 Å². The Kier molecular flexibility index (Phi) is 10.5. The van der Waals surface area contributed by atoms with E-state index in [0.717, 1.165) is 45.1 Å². The molecular weight excluding hydrogens is 404 g/mol. The lowest BCUT2D eigenvalue weighted by Crippen LogP contribution is -2.32. The van der Waals surface area contributed by atoms with Crippen LogP contribution in [0, 0.1) is 12.8 Å². The van der Waals surface area contributed by atoms with Crippen molar-refractivity contribution in [3.05, 3.63) is 59.2 Å². The van der Waals surface area contributed by atoms with Crippen LogP contribution in [0.25, 0.3) is 0 Å². The molecule has 1 unspecified atom stereocenters. The van der Waals surface area contributed by atoms with Crippen LogP contribution < -0.4 is 0 Å². The third-order valence-electron chi connectivity index (χ3n) is 6.15. The van der Waals surface area contributed by atoms with E-state index in [-0.39, 0.29) is 24.3 Å². The number of rotatable bonds is 12. The number of aryl methyl sites for hydroxylation is 1. The second kappa shape index (κ2) is 13.6. The zero-order valence-electron chi connectivity index (χ0n) is 19.6. The third-order valence-corrected chi connectivity index (χ3v) is 6.15. The smallest absolute Gasteiger partial charge is 0.305 e. The molecule has 1 aliphatic carbocycles. The molecule has 0 radical (unpaired) electrons. The molecule has 0 amide bonds. The molecule has 3 atom stereocenters. The number of esters is 1. The molecular formula is C27H38O5. The van der Waals surface area contributed by atoms with E-state index in [0.29, 0.717) is 19.6 Å². The van der Waals surface area contributed by atoms with E-state index < -0.39 is 0 Å². The minimum Gasteiger partial charge on any atom is -0.469 e. The number of benzene rings is 1. The summed E-state index contributed by atoms with van der Waals surface area (Å²) in [5.41, 5.74) is 3.83. The number of hydrogen-bond acceptors (Lipinski definition) is 5. The largest absolute Gasteiger partial charge is 0.469 e. The van der Waals surface area contributed by atoms with E-state index in [2.05, 4.69) is 49.4 Å². The molecule has 0 aromatic heterocycles. The fourth-order valence-corrected chi connectivity index (χ4v) is 4.34. The first-order valence-electron chi connectivity index (χ1n) is 12.0. The molecule has 5 heteroatoms. The molecule has 0 spiro atoms. The highest BCUT2D eigenvalue weighted by atomic mass is 16.7. The summed E-state index contributed by atoms with van der Waals surface area (Å²) in [4.78, 5) is 11.2. The summed E-state index contributed by atoms with van der Waals surface area (Å²) in [5.74, 6) is 0.0951. The Labute approximate surface area is 192 Å². The molecule has 2 aliphatic rings. The maximum Gasteiger partial charge on any atom is 0.305 e. The summed E-state index contributed by atoms with van der Waals surface area (Å²) in [5, 5.41) is 0. The van der Waals surface area contributed by atoms with Gasteiger partial charge in [0.05, 0.1) is 26.4 Å². The molecule has 1 heterocycles. The highest BCUT2D eigenvalue weighted by Gasteiger charge is 2.32. The Bertz CT molecular complexity index is 763. The summed E-state index contributed by atoms with van der Waals surface area (Å²) < 4.78 is 23.0. The zero-order chi connectivity index (χ0) is 22.6. The molecule has 32 heavy (non-hydrogen) atoms. The van der Waals surface area contributed by atoms with Crippen LogP contribution in [0.1, 0.15) is 62.5 Å². The Morgan fingerprint density at radius 3 is 2.94 bits per heavy atom. The second-order valence-corrected chi connectivity index (χ2v) is 8.74. The van der Waals surface area contributed by atoms with Crippen LogP contribution in [-0.2, 0) is 30.3 Å². The van der Waals surface area contributed by atoms with Gasteiger partial charge in [0, 0.05) is 18.9 Å². The monoisotopic (exact) mass is 442 g/mol. The Hall–Kier alpha value is -1.95. The van der Waals surface area contributed by atoms with Gasteiger partial charge < -0.3 is 18.9 Å². The number of ether oxygens (including phenoxy) is 4. The zero-order valence-corrected chi connectivity index (χ0v) is 19.6. The van der Waals surface area contributed by atoms with Crippen molar-refractivity contribution in [3.8, 4) is 0 Å². The molecule has 0 N–H and O–H groups in total. The van der Waals surface area contributed by atoms with Crippen molar-refractivity contribution < 1.29 is 23.7 Å². The van der Waals surface area contributed by atoms with Crippen molar-refractivity contribution in [1.82, 2.24) is 0 Å². The van der Waals surface area contributed by atoms with Gasteiger partial charge in [0.15, 0.2) is 6.29 Å². The van der Waals surface area contributed by atoms with E-state index >= 15 is 0 Å². The molecule has 0 saturated carbocycles. The molecule has 1 aliphatic heterocycles.